The number of amides is 1. The van der Waals surface area contributed by atoms with Gasteiger partial charge >= 0.3 is 0 Å². The van der Waals surface area contributed by atoms with Gasteiger partial charge < -0.3 is 10.2 Å². The van der Waals surface area contributed by atoms with Crippen molar-refractivity contribution in [2.75, 3.05) is 32.7 Å². The van der Waals surface area contributed by atoms with Crippen LogP contribution in [0.2, 0.25) is 0 Å². The number of hydrogen-bond acceptors (Lipinski definition) is 3. The Labute approximate surface area is 163 Å². The molecular formula is C23H31N3O. The summed E-state index contributed by atoms with van der Waals surface area (Å²) in [5.41, 5.74) is 3.78. The first-order valence-corrected chi connectivity index (χ1v) is 9.95. The Morgan fingerprint density at radius 2 is 1.63 bits per heavy atom. The summed E-state index contributed by atoms with van der Waals surface area (Å²) < 4.78 is 0. The molecule has 2 aromatic rings. The lowest BCUT2D eigenvalue weighted by atomic mass is 10.1. The molecule has 1 aliphatic rings. The van der Waals surface area contributed by atoms with E-state index in [0.717, 1.165) is 44.7 Å². The number of carbonyl (C=O) groups excluding carboxylic acids is 1. The van der Waals surface area contributed by atoms with Crippen LogP contribution in [0.1, 0.15) is 23.6 Å². The van der Waals surface area contributed by atoms with Crippen molar-refractivity contribution >= 4 is 5.91 Å². The van der Waals surface area contributed by atoms with Crippen LogP contribution in [0.15, 0.2) is 54.6 Å². The molecule has 0 aromatic heterocycles. The number of rotatable bonds is 7. The number of nitrogens with zero attached hydrogens (tertiary/aromatic N) is 2. The summed E-state index contributed by atoms with van der Waals surface area (Å²) in [5, 5.41) is 3.08. The van der Waals surface area contributed by atoms with E-state index in [9.17, 15) is 4.79 Å². The third kappa shape index (κ3) is 5.91. The summed E-state index contributed by atoms with van der Waals surface area (Å²) in [6, 6.07) is 18.9. The Bertz CT molecular complexity index is 706. The predicted molar refractivity (Wildman–Crippen MR) is 111 cm³/mol. The van der Waals surface area contributed by atoms with Gasteiger partial charge in [0.1, 0.15) is 0 Å². The maximum absolute atomic E-state index is 12.5. The number of hydrogen-bond donors (Lipinski definition) is 1. The molecule has 1 atom stereocenters. The molecule has 144 valence electrons. The standard InChI is InChI=1S/C23H31N3O/c1-19-8-10-22(11-9-19)18-24-23(27)20(2)26-16-14-25(15-17-26)13-12-21-6-4-3-5-7-21/h3-11,20H,12-18H2,1-2H3,(H,24,27). The van der Waals surface area contributed by atoms with E-state index < -0.39 is 0 Å². The minimum Gasteiger partial charge on any atom is -0.351 e. The molecule has 3 rings (SSSR count). The zero-order chi connectivity index (χ0) is 19.1. The van der Waals surface area contributed by atoms with Gasteiger partial charge in [-0.15, -0.1) is 0 Å². The molecule has 0 spiro atoms. The third-order valence-corrected chi connectivity index (χ3v) is 5.48. The fourth-order valence-corrected chi connectivity index (χ4v) is 3.51. The van der Waals surface area contributed by atoms with Gasteiger partial charge in [0, 0.05) is 39.3 Å². The molecule has 27 heavy (non-hydrogen) atoms. The van der Waals surface area contributed by atoms with Crippen molar-refractivity contribution in [3.05, 3.63) is 71.3 Å². The fraction of sp³-hybridized carbons (Fsp3) is 0.435. The molecule has 1 fully saturated rings. The Hall–Kier alpha value is -2.17. The van der Waals surface area contributed by atoms with E-state index >= 15 is 0 Å². The van der Waals surface area contributed by atoms with Gasteiger partial charge in [0.15, 0.2) is 0 Å². The zero-order valence-corrected chi connectivity index (χ0v) is 16.5. The highest BCUT2D eigenvalue weighted by molar-refractivity contribution is 5.81. The van der Waals surface area contributed by atoms with Crippen molar-refractivity contribution < 1.29 is 4.79 Å². The highest BCUT2D eigenvalue weighted by Gasteiger charge is 2.25. The van der Waals surface area contributed by atoms with Crippen LogP contribution in [-0.4, -0.2) is 54.5 Å². The average molecular weight is 366 g/mol. The number of aryl methyl sites for hydroxylation is 1. The Morgan fingerprint density at radius 3 is 2.30 bits per heavy atom. The molecule has 0 radical (unpaired) electrons. The molecule has 0 saturated carbocycles. The van der Waals surface area contributed by atoms with E-state index in [0.29, 0.717) is 6.54 Å². The van der Waals surface area contributed by atoms with E-state index in [-0.39, 0.29) is 11.9 Å². The SMILES string of the molecule is Cc1ccc(CNC(=O)C(C)N2CCN(CCc3ccccc3)CC2)cc1. The summed E-state index contributed by atoms with van der Waals surface area (Å²) in [6.45, 7) is 9.74. The van der Waals surface area contributed by atoms with Gasteiger partial charge in [0.25, 0.3) is 0 Å². The number of nitrogens with one attached hydrogen (secondary N) is 1. The summed E-state index contributed by atoms with van der Waals surface area (Å²) in [4.78, 5) is 17.3. The molecule has 0 aliphatic carbocycles. The van der Waals surface area contributed by atoms with Gasteiger partial charge in [0.05, 0.1) is 6.04 Å². The van der Waals surface area contributed by atoms with Crippen LogP contribution in [0.5, 0.6) is 0 Å². The molecule has 1 saturated heterocycles. The van der Waals surface area contributed by atoms with Crippen molar-refractivity contribution in [2.24, 2.45) is 0 Å². The van der Waals surface area contributed by atoms with Crippen LogP contribution in [0.4, 0.5) is 0 Å². The number of carbonyl (C=O) groups is 1. The predicted octanol–water partition coefficient (Wildman–Crippen LogP) is 2.86. The second-order valence-electron chi connectivity index (χ2n) is 7.49. The molecule has 2 aromatic carbocycles. The molecule has 0 bridgehead atoms. The minimum atomic E-state index is -0.0771. The van der Waals surface area contributed by atoms with E-state index in [4.69, 9.17) is 0 Å². The Kier molecular flexibility index (Phi) is 7.02. The van der Waals surface area contributed by atoms with Crippen molar-refractivity contribution in [1.29, 1.82) is 0 Å². The maximum atomic E-state index is 12.5. The Morgan fingerprint density at radius 1 is 0.963 bits per heavy atom. The minimum absolute atomic E-state index is 0.0771. The first-order chi connectivity index (χ1) is 13.1. The molecule has 4 heteroatoms. The zero-order valence-electron chi connectivity index (χ0n) is 16.5. The molecule has 1 N–H and O–H groups in total. The van der Waals surface area contributed by atoms with Crippen molar-refractivity contribution in [1.82, 2.24) is 15.1 Å². The van der Waals surface area contributed by atoms with Crippen LogP contribution >= 0.6 is 0 Å². The van der Waals surface area contributed by atoms with E-state index in [1.807, 2.05) is 6.92 Å². The lowest BCUT2D eigenvalue weighted by Crippen LogP contribution is -2.54. The van der Waals surface area contributed by atoms with Gasteiger partial charge in [0.2, 0.25) is 5.91 Å². The second kappa shape index (κ2) is 9.67. The largest absolute Gasteiger partial charge is 0.351 e. The molecular weight excluding hydrogens is 334 g/mol. The number of piperazine rings is 1. The quantitative estimate of drug-likeness (QED) is 0.820. The number of benzene rings is 2. The van der Waals surface area contributed by atoms with Gasteiger partial charge in [-0.3, -0.25) is 9.69 Å². The lowest BCUT2D eigenvalue weighted by molar-refractivity contribution is -0.126. The highest BCUT2D eigenvalue weighted by atomic mass is 16.2. The van der Waals surface area contributed by atoms with Gasteiger partial charge in [-0.05, 0) is 31.4 Å². The smallest absolute Gasteiger partial charge is 0.237 e. The average Bonchev–Trinajstić information content (AvgIpc) is 2.72. The van der Waals surface area contributed by atoms with Gasteiger partial charge in [-0.2, -0.15) is 0 Å². The topological polar surface area (TPSA) is 35.6 Å². The molecule has 1 aliphatic heterocycles. The van der Waals surface area contributed by atoms with Crippen molar-refractivity contribution in [3.8, 4) is 0 Å². The fourth-order valence-electron chi connectivity index (χ4n) is 3.51. The van der Waals surface area contributed by atoms with E-state index in [2.05, 4.69) is 76.6 Å². The van der Waals surface area contributed by atoms with E-state index in [1.54, 1.807) is 0 Å². The van der Waals surface area contributed by atoms with Crippen molar-refractivity contribution in [2.45, 2.75) is 32.9 Å². The summed E-state index contributed by atoms with van der Waals surface area (Å²) >= 11 is 0. The molecule has 1 amide bonds. The van der Waals surface area contributed by atoms with Crippen LogP contribution in [0.3, 0.4) is 0 Å². The van der Waals surface area contributed by atoms with Crippen LogP contribution in [-0.2, 0) is 17.8 Å². The summed E-state index contributed by atoms with van der Waals surface area (Å²) in [5.74, 6) is 0.119. The monoisotopic (exact) mass is 365 g/mol. The van der Waals surface area contributed by atoms with Crippen LogP contribution in [0.25, 0.3) is 0 Å². The normalized spacial score (nSPS) is 16.8. The third-order valence-electron chi connectivity index (χ3n) is 5.48. The van der Waals surface area contributed by atoms with E-state index in [1.165, 1.54) is 11.1 Å². The first kappa shape index (κ1) is 19.6. The highest BCUT2D eigenvalue weighted by Crippen LogP contribution is 2.09. The van der Waals surface area contributed by atoms with Crippen molar-refractivity contribution in [3.63, 3.8) is 0 Å². The first-order valence-electron chi connectivity index (χ1n) is 9.95. The molecule has 1 unspecified atom stereocenters. The maximum Gasteiger partial charge on any atom is 0.237 e. The molecule has 4 nitrogen and oxygen atoms in total. The second-order valence-corrected chi connectivity index (χ2v) is 7.49. The van der Waals surface area contributed by atoms with Gasteiger partial charge in [-0.1, -0.05) is 60.2 Å². The molecule has 1 heterocycles. The Balaban J connectivity index is 1.39. The van der Waals surface area contributed by atoms with Crippen LogP contribution in [0, 0.1) is 6.92 Å². The van der Waals surface area contributed by atoms with Crippen LogP contribution < -0.4 is 5.32 Å². The summed E-state index contributed by atoms with van der Waals surface area (Å²) in [7, 11) is 0. The lowest BCUT2D eigenvalue weighted by Gasteiger charge is -2.37. The van der Waals surface area contributed by atoms with Gasteiger partial charge in [-0.25, -0.2) is 0 Å². The summed E-state index contributed by atoms with van der Waals surface area (Å²) in [6.07, 6.45) is 1.09.